The molecule has 0 unspecified atom stereocenters. The molecule has 0 aliphatic heterocycles. The summed E-state index contributed by atoms with van der Waals surface area (Å²) in [6, 6.07) is 0. The van der Waals surface area contributed by atoms with Gasteiger partial charge < -0.3 is 0 Å². The van der Waals surface area contributed by atoms with Gasteiger partial charge in [-0.05, 0) is 75.1 Å². The lowest BCUT2D eigenvalue weighted by atomic mass is 11.9. The Bertz CT molecular complexity index is 208. The van der Waals surface area contributed by atoms with Crippen molar-refractivity contribution in [3.05, 3.63) is 0 Å². The van der Waals surface area contributed by atoms with E-state index in [1.807, 2.05) is 0 Å². The van der Waals surface area contributed by atoms with Crippen LogP contribution in [0.1, 0.15) is 0 Å². The summed E-state index contributed by atoms with van der Waals surface area (Å²) in [7, 11) is -2.02. The number of rotatable bonds is 4. The van der Waals surface area contributed by atoms with Crippen LogP contribution in [0.2, 0.25) is 0 Å². The molecule has 0 aromatic heterocycles. The highest BCUT2D eigenvalue weighted by atomic mass is 34.1. The normalized spacial score (nSPS) is 20.9. The van der Waals surface area contributed by atoms with Gasteiger partial charge in [0.2, 0.25) is 0 Å². The average molecular weight is 341 g/mol. The highest BCUT2D eigenvalue weighted by molar-refractivity contribution is 9.82. The van der Waals surface area contributed by atoms with E-state index in [2.05, 4.69) is 75.1 Å². The smallest absolute Gasteiger partial charge is 0.0258 e. The maximum atomic E-state index is 2.59. The van der Waals surface area contributed by atoms with Crippen LogP contribution in [0, 0.1) is 0 Å². The van der Waals surface area contributed by atoms with Gasteiger partial charge in [-0.25, -0.2) is 0 Å². The van der Waals surface area contributed by atoms with Crippen LogP contribution in [0.15, 0.2) is 0 Å². The molecule has 0 aliphatic rings. The molecular weight excluding hydrogens is 304 g/mol. The fraction of sp³-hybridized carbons (Fsp3) is 1.00. The van der Waals surface area contributed by atoms with E-state index in [4.69, 9.17) is 0 Å². The molecule has 0 amide bonds. The van der Waals surface area contributed by atoms with E-state index in [0.717, 1.165) is 0 Å². The predicted molar refractivity (Wildman–Crippen MR) is 109 cm³/mol. The molecule has 0 aromatic rings. The molecule has 0 saturated heterocycles. The summed E-state index contributed by atoms with van der Waals surface area (Å²) >= 11 is 0. The Morgan fingerprint density at radius 2 is 0.412 bits per heavy atom. The van der Waals surface area contributed by atoms with Gasteiger partial charge in [-0.2, -0.15) is 36.2 Å². The molecule has 0 spiro atoms. The van der Waals surface area contributed by atoms with Gasteiger partial charge in [0.25, 0.3) is 0 Å². The van der Waals surface area contributed by atoms with Gasteiger partial charge in [-0.1, -0.05) is 0 Å². The van der Waals surface area contributed by atoms with E-state index in [0.29, 0.717) is 0 Å². The van der Waals surface area contributed by atoms with E-state index in [-0.39, 0.29) is 0 Å². The highest BCUT2D eigenvalue weighted by Crippen LogP contribution is 3.15. The molecule has 114 valence electrons. The van der Waals surface area contributed by atoms with Crippen LogP contribution in [0.5, 0.6) is 0 Å². The van der Waals surface area contributed by atoms with Crippen LogP contribution in [-0.4, -0.2) is 75.1 Å². The van der Waals surface area contributed by atoms with Gasteiger partial charge >= 0.3 is 0 Å². The van der Waals surface area contributed by atoms with Crippen molar-refractivity contribution in [2.75, 3.05) is 75.1 Å². The molecule has 0 nitrogen and oxygen atoms in total. The maximum Gasteiger partial charge on any atom is -0.0258 e. The first-order valence-corrected chi connectivity index (χ1v) is 20.7. The molecule has 5 heteroatoms. The summed E-state index contributed by atoms with van der Waals surface area (Å²) in [6.07, 6.45) is 30.6. The lowest BCUT2D eigenvalue weighted by Gasteiger charge is -2.78. The molecule has 0 saturated carbocycles. The summed E-state index contributed by atoms with van der Waals surface area (Å²) in [6.45, 7) is 0. The van der Waals surface area contributed by atoms with E-state index in [1.165, 1.54) is 0 Å². The second kappa shape index (κ2) is 4.94. The Hall–Kier alpha value is 1.75. The van der Waals surface area contributed by atoms with Gasteiger partial charge in [0.05, 0.1) is 0 Å². The molecule has 0 bridgehead atoms. The quantitative estimate of drug-likeness (QED) is 0.615. The number of hydrogen-bond acceptors (Lipinski definition) is 0. The molecule has 0 radical (unpaired) electrons. The van der Waals surface area contributed by atoms with E-state index in [1.54, 1.807) is 0 Å². The zero-order chi connectivity index (χ0) is 14.5. The minimum absolute atomic E-state index is 0.505. The van der Waals surface area contributed by atoms with Crippen molar-refractivity contribution in [2.24, 2.45) is 0 Å². The standard InChI is InChI=1S/C12H36S5/c1-13(2,3)17(14(4,5)6,15(7,8)9)16(10,11)12/h1-12H3. The summed E-state index contributed by atoms with van der Waals surface area (Å²) in [5.41, 5.74) is 0. The second-order valence-corrected chi connectivity index (χ2v) is 43.7. The molecule has 17 heavy (non-hydrogen) atoms. The molecule has 0 aliphatic carbocycles. The van der Waals surface area contributed by atoms with E-state index < -0.39 is 42.4 Å². The van der Waals surface area contributed by atoms with Crippen LogP contribution < -0.4 is 0 Å². The highest BCUT2D eigenvalue weighted by Gasteiger charge is 2.52. The van der Waals surface area contributed by atoms with Crippen molar-refractivity contribution < 1.29 is 0 Å². The summed E-state index contributed by atoms with van der Waals surface area (Å²) in [4.78, 5) is 0. The Morgan fingerprint density at radius 1 is 0.294 bits per heavy atom. The third-order valence-corrected chi connectivity index (χ3v) is 66.1. The molecule has 0 rings (SSSR count). The van der Waals surface area contributed by atoms with Crippen LogP contribution in [-0.2, 0) is 0 Å². The molecule has 0 heterocycles. The van der Waals surface area contributed by atoms with Crippen molar-refractivity contribution in [1.82, 2.24) is 0 Å². The van der Waals surface area contributed by atoms with Gasteiger partial charge in [-0.15, -0.1) is 6.16 Å². The van der Waals surface area contributed by atoms with Gasteiger partial charge in [0, 0.05) is 0 Å². The second-order valence-electron chi connectivity index (χ2n) is 7.31. The van der Waals surface area contributed by atoms with Crippen molar-refractivity contribution >= 4 is 42.4 Å². The van der Waals surface area contributed by atoms with Crippen LogP contribution in [0.25, 0.3) is 0 Å². The minimum atomic E-state index is -0.528. The molecule has 0 N–H and O–H groups in total. The van der Waals surface area contributed by atoms with Crippen LogP contribution >= 0.6 is 42.4 Å². The summed E-state index contributed by atoms with van der Waals surface area (Å²) in [5.74, 6) is 0. The Morgan fingerprint density at radius 3 is 0.412 bits per heavy atom. The lowest BCUT2D eigenvalue weighted by Crippen LogP contribution is -2.22. The van der Waals surface area contributed by atoms with Crippen LogP contribution in [0.3, 0.4) is 0 Å². The average Bonchev–Trinajstić information content (AvgIpc) is 1.67. The SMILES string of the molecule is CS(C)(C)S(S(C)(C)C)(S(C)(C)C)S(C)(C)C. The van der Waals surface area contributed by atoms with Crippen molar-refractivity contribution in [3.8, 4) is 0 Å². The van der Waals surface area contributed by atoms with E-state index >= 15 is 0 Å². The topological polar surface area (TPSA) is 0 Å². The Labute approximate surface area is 117 Å². The molecule has 0 atom stereocenters. The first kappa shape index (κ1) is 18.8. The third-order valence-electron chi connectivity index (χ3n) is 2.45. The summed E-state index contributed by atoms with van der Waals surface area (Å²) < 4.78 is 0. The number of hydrogen-bond donors (Lipinski definition) is 0. The zero-order valence-corrected chi connectivity index (χ0v) is 18.1. The molecule has 0 fully saturated rings. The van der Waals surface area contributed by atoms with Gasteiger partial charge in [0.15, 0.2) is 0 Å². The maximum absolute atomic E-state index is 2.59. The van der Waals surface area contributed by atoms with Crippen molar-refractivity contribution in [2.45, 2.75) is 0 Å². The van der Waals surface area contributed by atoms with Crippen molar-refractivity contribution in [3.63, 3.8) is 0 Å². The van der Waals surface area contributed by atoms with Gasteiger partial charge in [0.1, 0.15) is 0 Å². The fourth-order valence-electron chi connectivity index (χ4n) is 3.67. The summed E-state index contributed by atoms with van der Waals surface area (Å²) in [5, 5.41) is 0. The van der Waals surface area contributed by atoms with E-state index in [9.17, 15) is 0 Å². The van der Waals surface area contributed by atoms with Crippen molar-refractivity contribution in [1.29, 1.82) is 0 Å². The molecular formula is C12H36S5. The van der Waals surface area contributed by atoms with Crippen LogP contribution in [0.4, 0.5) is 0 Å². The predicted octanol–water partition coefficient (Wildman–Crippen LogP) is 5.23. The monoisotopic (exact) mass is 340 g/mol. The fourth-order valence-corrected chi connectivity index (χ4v) is 99.2. The molecule has 0 aromatic carbocycles. The first-order valence-electron chi connectivity index (χ1n) is 5.57. The van der Waals surface area contributed by atoms with Gasteiger partial charge in [-0.3, -0.25) is 0 Å². The Kier molecular flexibility index (Phi) is 5.45. The Balaban J connectivity index is 6.37. The zero-order valence-electron chi connectivity index (χ0n) is 14.0. The first-order chi connectivity index (χ1) is 7.00. The minimum Gasteiger partial charge on any atom is -0.197 e. The third kappa shape index (κ3) is 3.09. The lowest BCUT2D eigenvalue weighted by molar-refractivity contribution is 2.13. The largest absolute Gasteiger partial charge is 0.197 e.